The Labute approximate surface area is 185 Å². The standard InChI is InChI=1S/C22H18ClFN4O.C2H6/c1-4-28-21-15(11-25-13(3)27-21)9-18(22(28)29)17-6-5-14(10-19(17)23)16-7-8-20(24)26-12(16)2;1-2/h5-11H,4H2,1-3H3;1-2H3. The first kappa shape index (κ1) is 22.6. The number of hydrogen-bond acceptors (Lipinski definition) is 4. The van der Waals surface area contributed by atoms with E-state index in [0.717, 1.165) is 16.5 Å². The molecule has 4 rings (SSSR count). The van der Waals surface area contributed by atoms with Gasteiger partial charge in [0, 0.05) is 45.5 Å². The zero-order chi connectivity index (χ0) is 22.7. The van der Waals surface area contributed by atoms with Gasteiger partial charge in [0.15, 0.2) is 0 Å². The zero-order valence-corrected chi connectivity index (χ0v) is 19.0. The number of aryl methyl sites for hydroxylation is 3. The molecule has 0 spiro atoms. The molecular formula is C24H24ClFN4O. The Kier molecular flexibility index (Phi) is 6.81. The molecule has 0 amide bonds. The molecule has 0 bridgehead atoms. The molecule has 0 aliphatic carbocycles. The molecule has 0 atom stereocenters. The largest absolute Gasteiger partial charge is 0.292 e. The van der Waals surface area contributed by atoms with Gasteiger partial charge < -0.3 is 0 Å². The summed E-state index contributed by atoms with van der Waals surface area (Å²) >= 11 is 6.57. The maximum absolute atomic E-state index is 13.3. The number of pyridine rings is 2. The fourth-order valence-electron chi connectivity index (χ4n) is 3.47. The fraction of sp³-hybridized carbons (Fsp3) is 0.250. The predicted octanol–water partition coefficient (Wildman–Crippen LogP) is 5.98. The van der Waals surface area contributed by atoms with Crippen LogP contribution in [0.4, 0.5) is 4.39 Å². The van der Waals surface area contributed by atoms with E-state index in [1.165, 1.54) is 6.07 Å². The van der Waals surface area contributed by atoms with Crippen LogP contribution in [0, 0.1) is 19.8 Å². The van der Waals surface area contributed by atoms with E-state index in [-0.39, 0.29) is 5.56 Å². The van der Waals surface area contributed by atoms with Gasteiger partial charge >= 0.3 is 0 Å². The monoisotopic (exact) mass is 438 g/mol. The molecule has 160 valence electrons. The second-order valence-corrected chi connectivity index (χ2v) is 7.17. The third-order valence-electron chi connectivity index (χ3n) is 4.89. The fourth-order valence-corrected chi connectivity index (χ4v) is 3.75. The highest BCUT2D eigenvalue weighted by molar-refractivity contribution is 6.33. The summed E-state index contributed by atoms with van der Waals surface area (Å²) in [7, 11) is 0. The van der Waals surface area contributed by atoms with E-state index in [2.05, 4.69) is 15.0 Å². The first-order valence-corrected chi connectivity index (χ1v) is 10.6. The van der Waals surface area contributed by atoms with Crippen LogP contribution in [-0.4, -0.2) is 19.5 Å². The number of benzene rings is 1. The van der Waals surface area contributed by atoms with Gasteiger partial charge in [-0.3, -0.25) is 9.36 Å². The van der Waals surface area contributed by atoms with Gasteiger partial charge in [0.05, 0.1) is 0 Å². The molecule has 4 aromatic rings. The SMILES string of the molecule is CC.CCn1c(=O)c(-c2ccc(-c3ccc(F)nc3C)cc2Cl)cc2cnc(C)nc21. The molecule has 0 radical (unpaired) electrons. The van der Waals surface area contributed by atoms with Crippen LogP contribution in [0.25, 0.3) is 33.3 Å². The highest BCUT2D eigenvalue weighted by atomic mass is 35.5. The number of aromatic nitrogens is 4. The van der Waals surface area contributed by atoms with Crippen molar-refractivity contribution in [1.29, 1.82) is 0 Å². The minimum atomic E-state index is -0.525. The van der Waals surface area contributed by atoms with Crippen molar-refractivity contribution in [3.8, 4) is 22.3 Å². The highest BCUT2D eigenvalue weighted by Gasteiger charge is 2.15. The highest BCUT2D eigenvalue weighted by Crippen LogP contribution is 2.32. The molecule has 0 aliphatic rings. The third-order valence-corrected chi connectivity index (χ3v) is 5.20. The van der Waals surface area contributed by atoms with Gasteiger partial charge in [0.25, 0.3) is 5.56 Å². The Bertz CT molecular complexity index is 1320. The topological polar surface area (TPSA) is 60.7 Å². The molecule has 5 nitrogen and oxygen atoms in total. The van der Waals surface area contributed by atoms with Gasteiger partial charge in [0.2, 0.25) is 5.95 Å². The Morgan fingerprint density at radius 1 is 1.00 bits per heavy atom. The second kappa shape index (κ2) is 9.35. The van der Waals surface area contributed by atoms with Gasteiger partial charge in [-0.1, -0.05) is 37.6 Å². The van der Waals surface area contributed by atoms with Crippen molar-refractivity contribution in [2.45, 2.75) is 41.2 Å². The van der Waals surface area contributed by atoms with Crippen LogP contribution in [-0.2, 0) is 6.54 Å². The van der Waals surface area contributed by atoms with E-state index >= 15 is 0 Å². The van der Waals surface area contributed by atoms with Gasteiger partial charge in [-0.15, -0.1) is 0 Å². The first-order valence-electron chi connectivity index (χ1n) is 10.2. The first-order chi connectivity index (χ1) is 14.9. The van der Waals surface area contributed by atoms with E-state index in [1.807, 2.05) is 26.8 Å². The molecule has 0 saturated carbocycles. The summed E-state index contributed by atoms with van der Waals surface area (Å²) < 4.78 is 14.9. The summed E-state index contributed by atoms with van der Waals surface area (Å²) in [6.07, 6.45) is 1.71. The number of fused-ring (bicyclic) bond motifs is 1. The second-order valence-electron chi connectivity index (χ2n) is 6.77. The summed E-state index contributed by atoms with van der Waals surface area (Å²) in [5, 5.41) is 1.20. The smallest absolute Gasteiger partial charge is 0.260 e. The molecular weight excluding hydrogens is 415 g/mol. The Balaban J connectivity index is 0.00000132. The van der Waals surface area contributed by atoms with Crippen LogP contribution in [0.3, 0.4) is 0 Å². The summed E-state index contributed by atoms with van der Waals surface area (Å²) in [5.41, 5.74) is 3.71. The van der Waals surface area contributed by atoms with Gasteiger partial charge in [-0.25, -0.2) is 15.0 Å². The summed E-state index contributed by atoms with van der Waals surface area (Å²) in [6.45, 7) is 9.91. The average molecular weight is 439 g/mol. The van der Waals surface area contributed by atoms with Crippen molar-refractivity contribution in [2.24, 2.45) is 0 Å². The quantitative estimate of drug-likeness (QED) is 0.369. The van der Waals surface area contributed by atoms with Crippen molar-refractivity contribution >= 4 is 22.6 Å². The predicted molar refractivity (Wildman–Crippen MR) is 124 cm³/mol. The molecule has 3 heterocycles. The molecule has 0 saturated heterocycles. The lowest BCUT2D eigenvalue weighted by Crippen LogP contribution is -2.22. The Morgan fingerprint density at radius 3 is 2.35 bits per heavy atom. The van der Waals surface area contributed by atoms with Crippen LogP contribution in [0.5, 0.6) is 0 Å². The Morgan fingerprint density at radius 2 is 1.71 bits per heavy atom. The molecule has 0 aliphatic heterocycles. The Hall–Kier alpha value is -3.12. The normalized spacial score (nSPS) is 10.7. The van der Waals surface area contributed by atoms with Crippen LogP contribution in [0.2, 0.25) is 5.02 Å². The average Bonchev–Trinajstić information content (AvgIpc) is 2.75. The van der Waals surface area contributed by atoms with Crippen molar-refractivity contribution in [3.05, 3.63) is 75.4 Å². The van der Waals surface area contributed by atoms with Gasteiger partial charge in [-0.05, 0) is 50.6 Å². The molecule has 3 aromatic heterocycles. The molecule has 0 fully saturated rings. The molecule has 0 unspecified atom stereocenters. The lowest BCUT2D eigenvalue weighted by atomic mass is 9.99. The molecule has 1 aromatic carbocycles. The number of halogens is 2. The lowest BCUT2D eigenvalue weighted by molar-refractivity contribution is 0.580. The molecule has 31 heavy (non-hydrogen) atoms. The third kappa shape index (κ3) is 4.35. The number of nitrogens with zero attached hydrogens (tertiary/aromatic N) is 4. The van der Waals surface area contributed by atoms with E-state index < -0.39 is 5.95 Å². The summed E-state index contributed by atoms with van der Waals surface area (Å²) in [5.74, 6) is 0.0835. The maximum atomic E-state index is 13.3. The van der Waals surface area contributed by atoms with Crippen molar-refractivity contribution in [1.82, 2.24) is 19.5 Å². The van der Waals surface area contributed by atoms with E-state index in [0.29, 0.717) is 39.9 Å². The number of rotatable bonds is 3. The van der Waals surface area contributed by atoms with Crippen LogP contribution >= 0.6 is 11.6 Å². The maximum Gasteiger partial charge on any atom is 0.260 e. The minimum absolute atomic E-state index is 0.160. The zero-order valence-electron chi connectivity index (χ0n) is 18.2. The van der Waals surface area contributed by atoms with E-state index in [4.69, 9.17) is 11.6 Å². The molecule has 0 N–H and O–H groups in total. The van der Waals surface area contributed by atoms with E-state index in [9.17, 15) is 9.18 Å². The van der Waals surface area contributed by atoms with Crippen LogP contribution in [0.1, 0.15) is 32.3 Å². The lowest BCUT2D eigenvalue weighted by Gasteiger charge is -2.13. The molecule has 7 heteroatoms. The minimum Gasteiger partial charge on any atom is -0.292 e. The van der Waals surface area contributed by atoms with Crippen LogP contribution in [0.15, 0.2) is 47.4 Å². The van der Waals surface area contributed by atoms with Gasteiger partial charge in [-0.2, -0.15) is 4.39 Å². The van der Waals surface area contributed by atoms with Gasteiger partial charge in [0.1, 0.15) is 11.5 Å². The van der Waals surface area contributed by atoms with Crippen LogP contribution < -0.4 is 5.56 Å². The van der Waals surface area contributed by atoms with Crippen molar-refractivity contribution < 1.29 is 4.39 Å². The number of hydrogen-bond donors (Lipinski definition) is 0. The van der Waals surface area contributed by atoms with Crippen molar-refractivity contribution in [2.75, 3.05) is 0 Å². The van der Waals surface area contributed by atoms with E-state index in [1.54, 1.807) is 48.9 Å². The summed E-state index contributed by atoms with van der Waals surface area (Å²) in [6, 6.07) is 10.2. The summed E-state index contributed by atoms with van der Waals surface area (Å²) in [4.78, 5) is 25.6. The van der Waals surface area contributed by atoms with Crippen molar-refractivity contribution in [3.63, 3.8) is 0 Å².